The van der Waals surface area contributed by atoms with Crippen molar-refractivity contribution in [2.75, 3.05) is 19.7 Å². The van der Waals surface area contributed by atoms with Gasteiger partial charge < -0.3 is 9.64 Å². The Morgan fingerprint density at radius 3 is 2.68 bits per heavy atom. The summed E-state index contributed by atoms with van der Waals surface area (Å²) in [6.07, 6.45) is 3.74. The Labute approximate surface area is 144 Å². The van der Waals surface area contributed by atoms with E-state index in [1.54, 1.807) is 0 Å². The SMILES string of the molecule is O=C(c1cncnc1)N1CCC(F)(F)C(COCc2ccccc2)C1. The highest BCUT2D eigenvalue weighted by molar-refractivity contribution is 5.93. The van der Waals surface area contributed by atoms with Gasteiger partial charge in [-0.2, -0.15) is 0 Å². The van der Waals surface area contributed by atoms with Crippen LogP contribution in [0.25, 0.3) is 0 Å². The number of hydrogen-bond acceptors (Lipinski definition) is 4. The Balaban J connectivity index is 1.60. The minimum absolute atomic E-state index is 0.00983. The van der Waals surface area contributed by atoms with E-state index in [-0.39, 0.29) is 38.6 Å². The van der Waals surface area contributed by atoms with Crippen molar-refractivity contribution >= 4 is 5.91 Å². The Kier molecular flexibility index (Phi) is 5.33. The normalized spacial score (nSPS) is 19.6. The van der Waals surface area contributed by atoms with Crippen LogP contribution in [-0.4, -0.2) is 46.4 Å². The summed E-state index contributed by atoms with van der Waals surface area (Å²) in [6.45, 7) is 0.135. The van der Waals surface area contributed by atoms with E-state index in [1.807, 2.05) is 30.3 Å². The lowest BCUT2D eigenvalue weighted by Crippen LogP contribution is -2.50. The molecule has 0 aliphatic carbocycles. The third kappa shape index (κ3) is 4.36. The Bertz CT molecular complexity index is 698. The van der Waals surface area contributed by atoms with Crippen molar-refractivity contribution in [3.05, 3.63) is 60.2 Å². The van der Waals surface area contributed by atoms with Crippen LogP contribution in [0.15, 0.2) is 49.1 Å². The van der Waals surface area contributed by atoms with Gasteiger partial charge in [-0.3, -0.25) is 4.79 Å². The monoisotopic (exact) mass is 347 g/mol. The van der Waals surface area contributed by atoms with Crippen molar-refractivity contribution in [2.45, 2.75) is 19.0 Å². The number of hydrogen-bond donors (Lipinski definition) is 0. The van der Waals surface area contributed by atoms with Gasteiger partial charge in [0.05, 0.1) is 24.7 Å². The number of nitrogens with zero attached hydrogens (tertiary/aromatic N) is 3. The Hall–Kier alpha value is -2.41. The lowest BCUT2D eigenvalue weighted by atomic mass is 9.94. The third-order valence-corrected chi connectivity index (χ3v) is 4.28. The van der Waals surface area contributed by atoms with Gasteiger partial charge in [0.15, 0.2) is 0 Å². The number of rotatable bonds is 5. The first kappa shape index (κ1) is 17.4. The molecule has 1 aliphatic rings. The van der Waals surface area contributed by atoms with Crippen LogP contribution in [-0.2, 0) is 11.3 Å². The highest BCUT2D eigenvalue weighted by Crippen LogP contribution is 2.34. The molecule has 1 aromatic carbocycles. The van der Waals surface area contributed by atoms with E-state index in [9.17, 15) is 13.6 Å². The van der Waals surface area contributed by atoms with E-state index in [2.05, 4.69) is 9.97 Å². The highest BCUT2D eigenvalue weighted by Gasteiger charge is 2.45. The van der Waals surface area contributed by atoms with Gasteiger partial charge >= 0.3 is 0 Å². The molecule has 1 saturated heterocycles. The second-order valence-electron chi connectivity index (χ2n) is 6.09. The molecule has 7 heteroatoms. The first-order chi connectivity index (χ1) is 12.1. The summed E-state index contributed by atoms with van der Waals surface area (Å²) in [5.74, 6) is -4.21. The van der Waals surface area contributed by atoms with Crippen LogP contribution in [0, 0.1) is 5.92 Å². The molecule has 1 unspecified atom stereocenters. The second-order valence-corrected chi connectivity index (χ2v) is 6.09. The van der Waals surface area contributed by atoms with Crippen LogP contribution in [0.4, 0.5) is 8.78 Å². The minimum atomic E-state index is -2.85. The molecule has 5 nitrogen and oxygen atoms in total. The molecule has 1 amide bonds. The molecular weight excluding hydrogens is 328 g/mol. The topological polar surface area (TPSA) is 55.3 Å². The van der Waals surface area contributed by atoms with Crippen LogP contribution in [0.5, 0.6) is 0 Å². The summed E-state index contributed by atoms with van der Waals surface area (Å²) in [6, 6.07) is 9.39. The van der Waals surface area contributed by atoms with Gasteiger partial charge in [0.25, 0.3) is 11.8 Å². The van der Waals surface area contributed by atoms with E-state index < -0.39 is 11.8 Å². The first-order valence-electron chi connectivity index (χ1n) is 8.10. The van der Waals surface area contributed by atoms with E-state index in [0.29, 0.717) is 5.56 Å². The second kappa shape index (κ2) is 7.65. The van der Waals surface area contributed by atoms with Crippen LogP contribution in [0.2, 0.25) is 0 Å². The zero-order chi connectivity index (χ0) is 17.7. The number of aromatic nitrogens is 2. The molecule has 132 valence electrons. The molecule has 1 aromatic heterocycles. The smallest absolute Gasteiger partial charge is 0.257 e. The fraction of sp³-hybridized carbons (Fsp3) is 0.389. The third-order valence-electron chi connectivity index (χ3n) is 4.28. The number of benzene rings is 1. The van der Waals surface area contributed by atoms with Crippen molar-refractivity contribution in [2.24, 2.45) is 5.92 Å². The largest absolute Gasteiger partial charge is 0.376 e. The van der Waals surface area contributed by atoms with Crippen molar-refractivity contribution in [3.63, 3.8) is 0 Å². The molecule has 0 radical (unpaired) electrons. The lowest BCUT2D eigenvalue weighted by Gasteiger charge is -2.38. The summed E-state index contributed by atoms with van der Waals surface area (Å²) in [7, 11) is 0. The molecule has 0 spiro atoms. The fourth-order valence-corrected chi connectivity index (χ4v) is 2.82. The van der Waals surface area contributed by atoms with Gasteiger partial charge in [0.1, 0.15) is 6.33 Å². The van der Waals surface area contributed by atoms with Crippen molar-refractivity contribution in [1.82, 2.24) is 14.9 Å². The molecule has 3 rings (SSSR count). The lowest BCUT2D eigenvalue weighted by molar-refractivity contribution is -0.124. The van der Waals surface area contributed by atoms with Crippen LogP contribution in [0.1, 0.15) is 22.3 Å². The Morgan fingerprint density at radius 1 is 1.24 bits per heavy atom. The fourth-order valence-electron chi connectivity index (χ4n) is 2.82. The number of ether oxygens (including phenoxy) is 1. The molecule has 0 N–H and O–H groups in total. The summed E-state index contributed by atoms with van der Waals surface area (Å²) >= 11 is 0. The molecule has 2 aromatic rings. The maximum atomic E-state index is 14.2. The summed E-state index contributed by atoms with van der Waals surface area (Å²) in [5, 5.41) is 0. The maximum absolute atomic E-state index is 14.2. The van der Waals surface area contributed by atoms with Gasteiger partial charge in [-0.15, -0.1) is 0 Å². The van der Waals surface area contributed by atoms with Crippen molar-refractivity contribution in [3.8, 4) is 0 Å². The Morgan fingerprint density at radius 2 is 1.96 bits per heavy atom. The van der Waals surface area contributed by atoms with E-state index in [0.717, 1.165) is 5.56 Å². The van der Waals surface area contributed by atoms with E-state index in [1.165, 1.54) is 23.6 Å². The van der Waals surface area contributed by atoms with Crippen molar-refractivity contribution in [1.29, 1.82) is 0 Å². The molecule has 1 aliphatic heterocycles. The predicted octanol–water partition coefficient (Wildman–Crippen LogP) is 2.79. The predicted molar refractivity (Wildman–Crippen MR) is 87.1 cm³/mol. The average Bonchev–Trinajstić information content (AvgIpc) is 2.64. The van der Waals surface area contributed by atoms with Gasteiger partial charge in [-0.1, -0.05) is 30.3 Å². The minimum Gasteiger partial charge on any atom is -0.376 e. The number of piperidine rings is 1. The summed E-state index contributed by atoms with van der Waals surface area (Å²) in [4.78, 5) is 21.4. The van der Waals surface area contributed by atoms with E-state index >= 15 is 0 Å². The van der Waals surface area contributed by atoms with Crippen molar-refractivity contribution < 1.29 is 18.3 Å². The van der Waals surface area contributed by atoms with Gasteiger partial charge in [0.2, 0.25) is 0 Å². The van der Waals surface area contributed by atoms with Gasteiger partial charge in [0, 0.05) is 31.9 Å². The van der Waals surface area contributed by atoms with Gasteiger partial charge in [-0.25, -0.2) is 18.7 Å². The molecule has 0 bridgehead atoms. The number of alkyl halides is 2. The molecule has 1 fully saturated rings. The highest BCUT2D eigenvalue weighted by atomic mass is 19.3. The maximum Gasteiger partial charge on any atom is 0.257 e. The van der Waals surface area contributed by atoms with Crippen LogP contribution >= 0.6 is 0 Å². The zero-order valence-corrected chi connectivity index (χ0v) is 13.6. The molecule has 2 heterocycles. The van der Waals surface area contributed by atoms with Crippen LogP contribution in [0.3, 0.4) is 0 Å². The standard InChI is InChI=1S/C18H19F2N3O2/c19-18(20)6-7-23(17(24)15-8-21-13-22-9-15)10-16(18)12-25-11-14-4-2-1-3-5-14/h1-5,8-9,13,16H,6-7,10-12H2. The van der Waals surface area contributed by atoms with E-state index in [4.69, 9.17) is 4.74 Å². The zero-order valence-electron chi connectivity index (χ0n) is 13.6. The average molecular weight is 347 g/mol. The first-order valence-corrected chi connectivity index (χ1v) is 8.10. The summed E-state index contributed by atoms with van der Waals surface area (Å²) in [5.41, 5.74) is 1.23. The quantitative estimate of drug-likeness (QED) is 0.835. The molecule has 0 saturated carbocycles. The molecule has 25 heavy (non-hydrogen) atoms. The molecular formula is C18H19F2N3O2. The summed E-state index contributed by atoms with van der Waals surface area (Å²) < 4.78 is 33.9. The van der Waals surface area contributed by atoms with Gasteiger partial charge in [-0.05, 0) is 5.56 Å². The number of halogens is 2. The number of carbonyl (C=O) groups excluding carboxylic acids is 1. The molecule has 1 atom stereocenters. The number of amides is 1. The number of likely N-dealkylation sites (tertiary alicyclic amines) is 1. The number of carbonyl (C=O) groups is 1. The van der Waals surface area contributed by atoms with Crippen LogP contribution < -0.4 is 0 Å².